The molecule has 0 heterocycles. The van der Waals surface area contributed by atoms with Gasteiger partial charge in [0, 0.05) is 12.5 Å². The second-order valence-electron chi connectivity index (χ2n) is 3.90. The molecular formula is C11H23NO2. The molecule has 0 saturated carbocycles. The van der Waals surface area contributed by atoms with Gasteiger partial charge in [0.1, 0.15) is 0 Å². The van der Waals surface area contributed by atoms with Crippen molar-refractivity contribution in [1.82, 2.24) is 0 Å². The number of hydrogen-bond acceptors (Lipinski definition) is 2. The fourth-order valence-corrected chi connectivity index (χ4v) is 1.48. The molecule has 0 aromatic rings. The number of nitrogens with two attached hydrogens (primary N) is 1. The minimum Gasteiger partial charge on any atom is -0.481 e. The van der Waals surface area contributed by atoms with Crippen molar-refractivity contribution in [1.29, 1.82) is 0 Å². The van der Waals surface area contributed by atoms with Crippen LogP contribution in [0.4, 0.5) is 0 Å². The lowest BCUT2D eigenvalue weighted by Crippen LogP contribution is -2.19. The van der Waals surface area contributed by atoms with Crippen LogP contribution in [0.5, 0.6) is 0 Å². The van der Waals surface area contributed by atoms with Gasteiger partial charge in [0.15, 0.2) is 0 Å². The lowest BCUT2D eigenvalue weighted by atomic mass is 10.0. The molecule has 0 rings (SSSR count). The van der Waals surface area contributed by atoms with Crippen molar-refractivity contribution in [3.8, 4) is 0 Å². The molecule has 0 aromatic heterocycles. The molecule has 0 aliphatic rings. The van der Waals surface area contributed by atoms with Gasteiger partial charge in [0.25, 0.3) is 0 Å². The first-order valence-electron chi connectivity index (χ1n) is 5.64. The Morgan fingerprint density at radius 2 is 1.79 bits per heavy atom. The van der Waals surface area contributed by atoms with E-state index in [1.807, 2.05) is 0 Å². The van der Waals surface area contributed by atoms with E-state index in [-0.39, 0.29) is 12.5 Å². The highest BCUT2D eigenvalue weighted by Crippen LogP contribution is 2.08. The molecule has 0 fully saturated rings. The van der Waals surface area contributed by atoms with Crippen molar-refractivity contribution in [3.05, 3.63) is 0 Å². The van der Waals surface area contributed by atoms with Crippen molar-refractivity contribution in [2.75, 3.05) is 0 Å². The maximum absolute atomic E-state index is 10.2. The first kappa shape index (κ1) is 13.4. The molecule has 0 aliphatic heterocycles. The summed E-state index contributed by atoms with van der Waals surface area (Å²) in [6.45, 7) is 2.18. The summed E-state index contributed by atoms with van der Waals surface area (Å²) in [5, 5.41) is 8.42. The van der Waals surface area contributed by atoms with Crippen LogP contribution < -0.4 is 5.73 Å². The van der Waals surface area contributed by atoms with Gasteiger partial charge in [-0.05, 0) is 19.3 Å². The van der Waals surface area contributed by atoms with Crippen molar-refractivity contribution in [2.45, 2.75) is 64.3 Å². The number of carboxylic acids is 1. The molecule has 14 heavy (non-hydrogen) atoms. The first-order chi connectivity index (χ1) is 6.66. The Morgan fingerprint density at radius 3 is 2.29 bits per heavy atom. The van der Waals surface area contributed by atoms with Crippen molar-refractivity contribution in [3.63, 3.8) is 0 Å². The molecule has 0 aromatic carbocycles. The number of aliphatic carboxylic acids is 1. The molecule has 1 atom stereocenters. The van der Waals surface area contributed by atoms with Gasteiger partial charge < -0.3 is 10.8 Å². The molecular weight excluding hydrogens is 178 g/mol. The summed E-state index contributed by atoms with van der Waals surface area (Å²) < 4.78 is 0. The predicted octanol–water partition coefficient (Wildman–Crippen LogP) is 2.54. The van der Waals surface area contributed by atoms with E-state index in [0.29, 0.717) is 0 Å². The quantitative estimate of drug-likeness (QED) is 0.563. The smallest absolute Gasteiger partial charge is 0.303 e. The third kappa shape index (κ3) is 9.52. The van der Waals surface area contributed by atoms with E-state index in [4.69, 9.17) is 10.8 Å². The van der Waals surface area contributed by atoms with Crippen LogP contribution in [0.3, 0.4) is 0 Å². The molecule has 0 aliphatic carbocycles. The van der Waals surface area contributed by atoms with E-state index in [1.165, 1.54) is 19.3 Å². The van der Waals surface area contributed by atoms with Crippen molar-refractivity contribution in [2.24, 2.45) is 5.73 Å². The van der Waals surface area contributed by atoms with E-state index in [9.17, 15) is 4.79 Å². The highest BCUT2D eigenvalue weighted by atomic mass is 16.4. The fraction of sp³-hybridized carbons (Fsp3) is 0.909. The van der Waals surface area contributed by atoms with E-state index in [1.54, 1.807) is 0 Å². The number of unbranched alkanes of at least 4 members (excludes halogenated alkanes) is 3. The number of rotatable bonds is 9. The van der Waals surface area contributed by atoms with Crippen molar-refractivity contribution >= 4 is 5.97 Å². The SMILES string of the molecule is CCCCC[C@@H](N)CCCCC(=O)O. The largest absolute Gasteiger partial charge is 0.481 e. The maximum atomic E-state index is 10.2. The summed E-state index contributed by atoms with van der Waals surface area (Å²) in [5.41, 5.74) is 5.88. The van der Waals surface area contributed by atoms with E-state index < -0.39 is 5.97 Å². The molecule has 3 heteroatoms. The zero-order chi connectivity index (χ0) is 10.8. The number of carboxylic acid groups (broad SMARTS) is 1. The van der Waals surface area contributed by atoms with Crippen LogP contribution >= 0.6 is 0 Å². The monoisotopic (exact) mass is 201 g/mol. The molecule has 0 unspecified atom stereocenters. The zero-order valence-electron chi connectivity index (χ0n) is 9.17. The second-order valence-corrected chi connectivity index (χ2v) is 3.90. The van der Waals surface area contributed by atoms with E-state index >= 15 is 0 Å². The molecule has 3 nitrogen and oxygen atoms in total. The Labute approximate surface area is 86.7 Å². The summed E-state index contributed by atoms with van der Waals surface area (Å²) in [6.07, 6.45) is 7.72. The van der Waals surface area contributed by atoms with E-state index in [0.717, 1.165) is 25.7 Å². The Balaban J connectivity index is 3.18. The number of carbonyl (C=O) groups is 1. The van der Waals surface area contributed by atoms with Gasteiger partial charge in [-0.15, -0.1) is 0 Å². The second kappa shape index (κ2) is 9.00. The molecule has 0 saturated heterocycles. The van der Waals surface area contributed by atoms with Crippen molar-refractivity contribution < 1.29 is 9.90 Å². The van der Waals surface area contributed by atoms with Crippen LogP contribution in [-0.2, 0) is 4.79 Å². The van der Waals surface area contributed by atoms with Gasteiger partial charge in [-0.2, -0.15) is 0 Å². The topological polar surface area (TPSA) is 63.3 Å². The molecule has 84 valence electrons. The predicted molar refractivity (Wildman–Crippen MR) is 58.2 cm³/mol. The van der Waals surface area contributed by atoms with Gasteiger partial charge in [0.2, 0.25) is 0 Å². The molecule has 0 spiro atoms. The van der Waals surface area contributed by atoms with Gasteiger partial charge >= 0.3 is 5.97 Å². The normalized spacial score (nSPS) is 12.7. The average Bonchev–Trinajstić information content (AvgIpc) is 2.13. The highest BCUT2D eigenvalue weighted by molar-refractivity contribution is 5.66. The summed E-state index contributed by atoms with van der Waals surface area (Å²) in [7, 11) is 0. The Kier molecular flexibility index (Phi) is 8.64. The Bertz CT molecular complexity index is 148. The van der Waals surface area contributed by atoms with Gasteiger partial charge in [-0.1, -0.05) is 32.6 Å². The van der Waals surface area contributed by atoms with Crippen LogP contribution in [0.1, 0.15) is 58.3 Å². The van der Waals surface area contributed by atoms with Crippen LogP contribution in [0.25, 0.3) is 0 Å². The summed E-state index contributed by atoms with van der Waals surface area (Å²) in [4.78, 5) is 10.2. The third-order valence-corrected chi connectivity index (χ3v) is 2.39. The molecule has 0 amide bonds. The number of hydrogen-bond donors (Lipinski definition) is 2. The summed E-state index contributed by atoms with van der Waals surface area (Å²) in [5.74, 6) is -0.704. The zero-order valence-corrected chi connectivity index (χ0v) is 9.17. The summed E-state index contributed by atoms with van der Waals surface area (Å²) >= 11 is 0. The summed E-state index contributed by atoms with van der Waals surface area (Å²) in [6, 6.07) is 0.273. The third-order valence-electron chi connectivity index (χ3n) is 2.39. The molecule has 3 N–H and O–H groups in total. The van der Waals surface area contributed by atoms with Crippen LogP contribution in [0.15, 0.2) is 0 Å². The lowest BCUT2D eigenvalue weighted by molar-refractivity contribution is -0.137. The standard InChI is InChI=1S/C11H23NO2/c1-2-3-4-7-10(12)8-5-6-9-11(13)14/h10H,2-9,12H2,1H3,(H,13,14)/t10-/m1/s1. The minimum absolute atomic E-state index is 0.273. The van der Waals surface area contributed by atoms with E-state index in [2.05, 4.69) is 6.92 Å². The van der Waals surface area contributed by atoms with Crippen LogP contribution in [-0.4, -0.2) is 17.1 Å². The van der Waals surface area contributed by atoms with Gasteiger partial charge in [-0.3, -0.25) is 4.79 Å². The van der Waals surface area contributed by atoms with Gasteiger partial charge in [-0.25, -0.2) is 0 Å². The molecule has 0 radical (unpaired) electrons. The van der Waals surface area contributed by atoms with Gasteiger partial charge in [0.05, 0.1) is 0 Å². The minimum atomic E-state index is -0.704. The van der Waals surface area contributed by atoms with Crippen LogP contribution in [0.2, 0.25) is 0 Å². The Morgan fingerprint density at radius 1 is 1.21 bits per heavy atom. The Hall–Kier alpha value is -0.570. The highest BCUT2D eigenvalue weighted by Gasteiger charge is 2.03. The van der Waals surface area contributed by atoms with Crippen LogP contribution in [0, 0.1) is 0 Å². The lowest BCUT2D eigenvalue weighted by Gasteiger charge is -2.10. The molecule has 0 bridgehead atoms. The fourth-order valence-electron chi connectivity index (χ4n) is 1.48. The first-order valence-corrected chi connectivity index (χ1v) is 5.64. The average molecular weight is 201 g/mol. The maximum Gasteiger partial charge on any atom is 0.303 e.